The van der Waals surface area contributed by atoms with Gasteiger partial charge in [0, 0.05) is 33.5 Å². The standard InChI is InChI=1S/C45H44N2O/c1-4-7-20-35-27-29-39(32-36(35)21-8-5-2)46(37(6-3)28-26-34-18-12-11-13-19-34)40-30-31-44-42(33-40)45(48)41-24-16-17-25-43(41)47(44)38-22-14-9-10-15-23-38/h7-9,11-18,20-33H,4-6,10,19H2,1-3H3. The number of benzene rings is 3. The van der Waals surface area contributed by atoms with Crippen LogP contribution in [-0.4, -0.2) is 4.57 Å². The molecule has 1 heterocycles. The van der Waals surface area contributed by atoms with Crippen molar-refractivity contribution >= 4 is 51.0 Å². The van der Waals surface area contributed by atoms with E-state index in [2.05, 4.69) is 158 Å². The fraction of sp³-hybridized carbons (Fsp3) is 0.178. The van der Waals surface area contributed by atoms with Gasteiger partial charge in [0.05, 0.1) is 11.0 Å². The van der Waals surface area contributed by atoms with Crippen molar-refractivity contribution in [2.75, 3.05) is 4.90 Å². The highest BCUT2D eigenvalue weighted by molar-refractivity contribution is 5.99. The number of allylic oxidation sites excluding steroid dienone is 16. The first-order valence-corrected chi connectivity index (χ1v) is 17.2. The topological polar surface area (TPSA) is 25.2 Å². The van der Waals surface area contributed by atoms with E-state index in [-0.39, 0.29) is 5.43 Å². The van der Waals surface area contributed by atoms with E-state index in [4.69, 9.17) is 0 Å². The summed E-state index contributed by atoms with van der Waals surface area (Å²) in [6, 6.07) is 21.0. The Balaban J connectivity index is 1.60. The van der Waals surface area contributed by atoms with E-state index < -0.39 is 0 Å². The van der Waals surface area contributed by atoms with Gasteiger partial charge in [-0.05, 0) is 109 Å². The maximum absolute atomic E-state index is 14.3. The summed E-state index contributed by atoms with van der Waals surface area (Å²) >= 11 is 0. The smallest absolute Gasteiger partial charge is 0.197 e. The number of aromatic nitrogens is 1. The summed E-state index contributed by atoms with van der Waals surface area (Å²) in [6.07, 6.45) is 37.1. The van der Waals surface area contributed by atoms with Crippen molar-refractivity contribution < 1.29 is 0 Å². The van der Waals surface area contributed by atoms with Gasteiger partial charge in [0.1, 0.15) is 0 Å². The summed E-state index contributed by atoms with van der Waals surface area (Å²) in [7, 11) is 0. The van der Waals surface area contributed by atoms with Gasteiger partial charge < -0.3 is 9.47 Å². The van der Waals surface area contributed by atoms with Crippen LogP contribution in [0.4, 0.5) is 11.4 Å². The first kappa shape index (κ1) is 32.5. The largest absolute Gasteiger partial charge is 0.314 e. The minimum atomic E-state index is 0.0438. The lowest BCUT2D eigenvalue weighted by molar-refractivity contribution is 1.01. The number of anilines is 2. The third kappa shape index (κ3) is 6.96. The van der Waals surface area contributed by atoms with Gasteiger partial charge in [-0.2, -0.15) is 0 Å². The van der Waals surface area contributed by atoms with Crippen LogP contribution in [-0.2, 0) is 0 Å². The van der Waals surface area contributed by atoms with Crippen molar-refractivity contribution in [3.05, 3.63) is 172 Å². The minimum Gasteiger partial charge on any atom is -0.314 e. The van der Waals surface area contributed by atoms with Crippen LogP contribution < -0.4 is 10.3 Å². The second-order valence-corrected chi connectivity index (χ2v) is 12.1. The molecular weight excluding hydrogens is 585 g/mol. The first-order valence-electron chi connectivity index (χ1n) is 17.2. The maximum Gasteiger partial charge on any atom is 0.197 e. The van der Waals surface area contributed by atoms with E-state index in [1.165, 1.54) is 16.7 Å². The van der Waals surface area contributed by atoms with Crippen molar-refractivity contribution in [3.63, 3.8) is 0 Å². The minimum absolute atomic E-state index is 0.0438. The van der Waals surface area contributed by atoms with Crippen molar-refractivity contribution in [1.29, 1.82) is 0 Å². The normalized spacial score (nSPS) is 15.8. The van der Waals surface area contributed by atoms with Crippen LogP contribution >= 0.6 is 0 Å². The number of pyridine rings is 1. The van der Waals surface area contributed by atoms with Crippen LogP contribution in [0.2, 0.25) is 0 Å². The molecule has 48 heavy (non-hydrogen) atoms. The van der Waals surface area contributed by atoms with Crippen molar-refractivity contribution in [2.45, 2.75) is 52.9 Å². The van der Waals surface area contributed by atoms with Crippen LogP contribution in [0, 0.1) is 0 Å². The highest BCUT2D eigenvalue weighted by Gasteiger charge is 2.19. The molecule has 0 fully saturated rings. The Hall–Kier alpha value is -5.41. The van der Waals surface area contributed by atoms with E-state index in [9.17, 15) is 4.79 Å². The molecule has 0 saturated heterocycles. The van der Waals surface area contributed by atoms with Gasteiger partial charge in [-0.1, -0.05) is 112 Å². The van der Waals surface area contributed by atoms with Crippen molar-refractivity contribution in [3.8, 4) is 0 Å². The molecule has 3 aromatic carbocycles. The fourth-order valence-electron chi connectivity index (χ4n) is 6.35. The van der Waals surface area contributed by atoms with Gasteiger partial charge in [-0.25, -0.2) is 0 Å². The Bertz CT molecular complexity index is 2160. The van der Waals surface area contributed by atoms with Crippen LogP contribution in [0.15, 0.2) is 156 Å². The Labute approximate surface area is 284 Å². The number of rotatable bonds is 10. The Morgan fingerprint density at radius 2 is 1.54 bits per heavy atom. The van der Waals surface area contributed by atoms with E-state index in [1.54, 1.807) is 0 Å². The molecule has 0 unspecified atom stereocenters. The molecule has 3 heteroatoms. The molecular formula is C45H44N2O. The van der Waals surface area contributed by atoms with E-state index >= 15 is 0 Å². The van der Waals surface area contributed by atoms with Crippen LogP contribution in [0.25, 0.3) is 39.7 Å². The zero-order valence-electron chi connectivity index (χ0n) is 28.3. The van der Waals surface area contributed by atoms with Gasteiger partial charge in [-0.3, -0.25) is 4.79 Å². The lowest BCUT2D eigenvalue weighted by atomic mass is 10.0. The maximum atomic E-state index is 14.3. The van der Waals surface area contributed by atoms with Gasteiger partial charge in [-0.15, -0.1) is 0 Å². The van der Waals surface area contributed by atoms with Crippen molar-refractivity contribution in [2.24, 2.45) is 0 Å². The van der Waals surface area contributed by atoms with Gasteiger partial charge in [0.25, 0.3) is 0 Å². The zero-order chi connectivity index (χ0) is 33.3. The molecule has 0 aliphatic heterocycles. The Morgan fingerprint density at radius 1 is 0.771 bits per heavy atom. The predicted octanol–water partition coefficient (Wildman–Crippen LogP) is 12.2. The average molecular weight is 629 g/mol. The molecule has 240 valence electrons. The molecule has 0 atom stereocenters. The van der Waals surface area contributed by atoms with Gasteiger partial charge >= 0.3 is 0 Å². The lowest BCUT2D eigenvalue weighted by Gasteiger charge is -2.29. The predicted molar refractivity (Wildman–Crippen MR) is 209 cm³/mol. The molecule has 0 spiro atoms. The molecule has 6 rings (SSSR count). The number of nitrogens with zero attached hydrogens (tertiary/aromatic N) is 2. The molecule has 3 nitrogen and oxygen atoms in total. The number of para-hydroxylation sites is 1. The Morgan fingerprint density at radius 3 is 2.33 bits per heavy atom. The van der Waals surface area contributed by atoms with Crippen molar-refractivity contribution in [1.82, 2.24) is 4.57 Å². The Kier molecular flexibility index (Phi) is 10.5. The number of hydrogen-bond donors (Lipinski definition) is 0. The monoisotopic (exact) mass is 628 g/mol. The summed E-state index contributed by atoms with van der Waals surface area (Å²) in [4.78, 5) is 16.6. The van der Waals surface area contributed by atoms with Crippen LogP contribution in [0.3, 0.4) is 0 Å². The van der Waals surface area contributed by atoms with Gasteiger partial charge in [0.2, 0.25) is 0 Å². The molecule has 0 radical (unpaired) electrons. The third-order valence-corrected chi connectivity index (χ3v) is 8.78. The molecule has 0 amide bonds. The van der Waals surface area contributed by atoms with Crippen LogP contribution in [0.5, 0.6) is 0 Å². The van der Waals surface area contributed by atoms with Gasteiger partial charge in [0.15, 0.2) is 5.43 Å². The highest BCUT2D eigenvalue weighted by Crippen LogP contribution is 2.36. The third-order valence-electron chi connectivity index (χ3n) is 8.78. The second kappa shape index (κ2) is 15.5. The lowest BCUT2D eigenvalue weighted by Crippen LogP contribution is -2.18. The molecule has 2 aliphatic rings. The van der Waals surface area contributed by atoms with E-state index in [1.807, 2.05) is 24.3 Å². The van der Waals surface area contributed by atoms with E-state index in [0.29, 0.717) is 10.8 Å². The molecule has 0 bridgehead atoms. The summed E-state index contributed by atoms with van der Waals surface area (Å²) in [5.74, 6) is 0. The molecule has 4 aromatic rings. The second-order valence-electron chi connectivity index (χ2n) is 12.1. The molecule has 0 saturated carbocycles. The summed E-state index contributed by atoms with van der Waals surface area (Å²) in [6.45, 7) is 6.52. The molecule has 2 aliphatic carbocycles. The SMILES string of the molecule is CCC=Cc1ccc(N(C(=CC=C2C=CC=CC2)CC)c2ccc3c(c2)c(=O)c2ccccc2n3C2=CC=CCC=C2)cc1C=CCC. The molecule has 1 aromatic heterocycles. The zero-order valence-corrected chi connectivity index (χ0v) is 28.3. The fourth-order valence-corrected chi connectivity index (χ4v) is 6.35. The first-order chi connectivity index (χ1) is 23.6. The quantitative estimate of drug-likeness (QED) is 0.163. The molecule has 0 N–H and O–H groups in total. The number of fused-ring (bicyclic) bond motifs is 2. The summed E-state index contributed by atoms with van der Waals surface area (Å²) < 4.78 is 2.22. The van der Waals surface area contributed by atoms with E-state index in [0.717, 1.165) is 65.9 Å². The average Bonchev–Trinajstić information content (AvgIpc) is 3.42. The summed E-state index contributed by atoms with van der Waals surface area (Å²) in [5, 5.41) is 1.41. The van der Waals surface area contributed by atoms with Crippen LogP contribution in [0.1, 0.15) is 64.0 Å². The number of hydrogen-bond acceptors (Lipinski definition) is 2. The highest BCUT2D eigenvalue weighted by atomic mass is 16.1. The summed E-state index contributed by atoms with van der Waals surface area (Å²) in [5.41, 5.74) is 9.68.